The van der Waals surface area contributed by atoms with E-state index in [2.05, 4.69) is 10.6 Å². The number of benzene rings is 2. The molecular weight excluding hydrogens is 428 g/mol. The zero-order valence-electron chi connectivity index (χ0n) is 16.1. The number of alkyl halides is 5. The topological polar surface area (TPSA) is 61.4 Å². The standard InChI is InChI=1S/C20H17F6N3O2/c1-27-19(31)28-15-7-10-2-4-13(20(24,25)26)8-16(10)29(18(15)30)9-12-6-11(17(22)23)3-5-14(12)21/h2-6,8,15,17H,7,9H2,1H3,(H2,27,28,31)/t15-/m1/s1. The second kappa shape index (κ2) is 8.48. The van der Waals surface area contributed by atoms with Crippen molar-refractivity contribution in [2.24, 2.45) is 0 Å². The summed E-state index contributed by atoms with van der Waals surface area (Å²) in [6.45, 7) is -0.592. The van der Waals surface area contributed by atoms with Gasteiger partial charge in [-0.1, -0.05) is 12.1 Å². The van der Waals surface area contributed by atoms with Crippen molar-refractivity contribution < 1.29 is 35.9 Å². The van der Waals surface area contributed by atoms with Crippen LogP contribution in [0, 0.1) is 5.82 Å². The van der Waals surface area contributed by atoms with Gasteiger partial charge in [0.2, 0.25) is 5.91 Å². The monoisotopic (exact) mass is 445 g/mol. The molecule has 0 aliphatic carbocycles. The fourth-order valence-corrected chi connectivity index (χ4v) is 3.31. The van der Waals surface area contributed by atoms with Gasteiger partial charge >= 0.3 is 12.2 Å². The molecule has 1 aliphatic rings. The van der Waals surface area contributed by atoms with Gasteiger partial charge in [0.1, 0.15) is 11.9 Å². The molecule has 0 fully saturated rings. The van der Waals surface area contributed by atoms with Gasteiger partial charge in [0.25, 0.3) is 6.43 Å². The largest absolute Gasteiger partial charge is 0.416 e. The Hall–Kier alpha value is -3.24. The Kier molecular flexibility index (Phi) is 6.14. The first kappa shape index (κ1) is 22.4. The van der Waals surface area contributed by atoms with Crippen LogP contribution in [0.2, 0.25) is 0 Å². The fraction of sp³-hybridized carbons (Fsp3) is 0.300. The Balaban J connectivity index is 2.06. The van der Waals surface area contributed by atoms with Crippen molar-refractivity contribution in [3.8, 4) is 0 Å². The number of amides is 3. The molecule has 2 N–H and O–H groups in total. The second-order valence-corrected chi connectivity index (χ2v) is 6.90. The van der Waals surface area contributed by atoms with Crippen LogP contribution in [0.25, 0.3) is 0 Å². The first-order valence-corrected chi connectivity index (χ1v) is 9.07. The molecule has 166 valence electrons. The first-order chi connectivity index (χ1) is 14.5. The van der Waals surface area contributed by atoms with Gasteiger partial charge < -0.3 is 15.5 Å². The molecule has 5 nitrogen and oxygen atoms in total. The highest BCUT2D eigenvalue weighted by Crippen LogP contribution is 2.37. The van der Waals surface area contributed by atoms with Crippen molar-refractivity contribution in [3.05, 3.63) is 64.5 Å². The Morgan fingerprint density at radius 3 is 2.52 bits per heavy atom. The quantitative estimate of drug-likeness (QED) is 0.695. The van der Waals surface area contributed by atoms with E-state index in [0.29, 0.717) is 5.56 Å². The minimum atomic E-state index is -4.69. The van der Waals surface area contributed by atoms with Gasteiger partial charge in [-0.05, 0) is 29.8 Å². The maximum atomic E-state index is 14.3. The Labute approximate surface area is 173 Å². The summed E-state index contributed by atoms with van der Waals surface area (Å²) in [6.07, 6.45) is -7.68. The number of hydrogen-bond donors (Lipinski definition) is 2. The average molecular weight is 445 g/mol. The zero-order chi connectivity index (χ0) is 22.9. The summed E-state index contributed by atoms with van der Waals surface area (Å²) in [5.41, 5.74) is -1.64. The summed E-state index contributed by atoms with van der Waals surface area (Å²) in [7, 11) is 1.31. The van der Waals surface area contributed by atoms with E-state index in [9.17, 15) is 35.9 Å². The molecule has 1 heterocycles. The average Bonchev–Trinajstić information content (AvgIpc) is 2.70. The highest BCUT2D eigenvalue weighted by molar-refractivity contribution is 6.02. The molecule has 0 saturated carbocycles. The number of halogens is 6. The molecule has 0 bridgehead atoms. The summed E-state index contributed by atoms with van der Waals surface area (Å²) < 4.78 is 79.9. The molecule has 0 spiro atoms. The number of carbonyl (C=O) groups excluding carboxylic acids is 2. The summed E-state index contributed by atoms with van der Waals surface area (Å²) in [5.74, 6) is -1.69. The van der Waals surface area contributed by atoms with Crippen LogP contribution in [-0.4, -0.2) is 25.0 Å². The van der Waals surface area contributed by atoms with Crippen LogP contribution in [0.1, 0.15) is 28.7 Å². The smallest absolute Gasteiger partial charge is 0.341 e. The molecule has 1 aliphatic heterocycles. The van der Waals surface area contributed by atoms with Crippen LogP contribution in [0.3, 0.4) is 0 Å². The highest BCUT2D eigenvalue weighted by atomic mass is 19.4. The number of rotatable bonds is 4. The lowest BCUT2D eigenvalue weighted by molar-refractivity contribution is -0.137. The van der Waals surface area contributed by atoms with Crippen molar-refractivity contribution in [2.75, 3.05) is 11.9 Å². The summed E-state index contributed by atoms with van der Waals surface area (Å²) >= 11 is 0. The highest BCUT2D eigenvalue weighted by Gasteiger charge is 2.37. The van der Waals surface area contributed by atoms with Crippen molar-refractivity contribution in [1.82, 2.24) is 10.6 Å². The number of carbonyl (C=O) groups is 2. The minimum Gasteiger partial charge on any atom is -0.341 e. The van der Waals surface area contributed by atoms with E-state index in [1.54, 1.807) is 0 Å². The third-order valence-corrected chi connectivity index (χ3v) is 4.87. The van der Waals surface area contributed by atoms with Crippen molar-refractivity contribution in [1.29, 1.82) is 0 Å². The third-order valence-electron chi connectivity index (χ3n) is 4.87. The van der Waals surface area contributed by atoms with Crippen LogP contribution < -0.4 is 15.5 Å². The van der Waals surface area contributed by atoms with Crippen LogP contribution >= 0.6 is 0 Å². The number of nitrogens with one attached hydrogen (secondary N) is 2. The predicted octanol–water partition coefficient (Wildman–Crippen LogP) is 4.17. The molecule has 31 heavy (non-hydrogen) atoms. The molecule has 3 rings (SSSR count). The second-order valence-electron chi connectivity index (χ2n) is 6.90. The molecule has 2 aromatic carbocycles. The molecule has 3 amide bonds. The van der Waals surface area contributed by atoms with Crippen molar-refractivity contribution in [2.45, 2.75) is 31.6 Å². The first-order valence-electron chi connectivity index (χ1n) is 9.07. The van der Waals surface area contributed by atoms with Gasteiger partial charge in [0.15, 0.2) is 0 Å². The lowest BCUT2D eigenvalue weighted by Crippen LogP contribution is -2.54. The van der Waals surface area contributed by atoms with Crippen LogP contribution in [-0.2, 0) is 23.9 Å². The molecule has 0 radical (unpaired) electrons. The maximum absolute atomic E-state index is 14.3. The van der Waals surface area contributed by atoms with Gasteiger partial charge in [-0.25, -0.2) is 18.0 Å². The van der Waals surface area contributed by atoms with Gasteiger partial charge in [-0.3, -0.25) is 4.79 Å². The number of anilines is 1. The van der Waals surface area contributed by atoms with Crippen LogP contribution in [0.4, 0.5) is 36.8 Å². The molecule has 2 aromatic rings. The van der Waals surface area contributed by atoms with E-state index in [4.69, 9.17) is 0 Å². The molecule has 0 aromatic heterocycles. The SMILES string of the molecule is CNC(=O)N[C@@H]1Cc2ccc(C(F)(F)F)cc2N(Cc2cc(C(F)F)ccc2F)C1=O. The zero-order valence-corrected chi connectivity index (χ0v) is 16.1. The molecule has 0 unspecified atom stereocenters. The van der Waals surface area contributed by atoms with Gasteiger partial charge in [-0.15, -0.1) is 0 Å². The lowest BCUT2D eigenvalue weighted by Gasteiger charge is -2.35. The van der Waals surface area contributed by atoms with E-state index in [1.165, 1.54) is 13.1 Å². The Morgan fingerprint density at radius 1 is 1.19 bits per heavy atom. The van der Waals surface area contributed by atoms with E-state index >= 15 is 0 Å². The molecule has 0 saturated heterocycles. The summed E-state index contributed by atoms with van der Waals surface area (Å²) in [5, 5.41) is 4.65. The van der Waals surface area contributed by atoms with E-state index in [0.717, 1.165) is 35.2 Å². The number of hydrogen-bond acceptors (Lipinski definition) is 2. The van der Waals surface area contributed by atoms with E-state index < -0.39 is 54.1 Å². The van der Waals surface area contributed by atoms with Crippen LogP contribution in [0.5, 0.6) is 0 Å². The number of nitrogens with zero attached hydrogens (tertiary/aromatic N) is 1. The molecular formula is C20H17F6N3O2. The maximum Gasteiger partial charge on any atom is 0.416 e. The number of fused-ring (bicyclic) bond motifs is 1. The summed E-state index contributed by atoms with van der Waals surface area (Å²) in [4.78, 5) is 25.5. The number of urea groups is 1. The summed E-state index contributed by atoms with van der Waals surface area (Å²) in [6, 6.07) is 3.47. The molecule has 1 atom stereocenters. The van der Waals surface area contributed by atoms with Gasteiger partial charge in [0.05, 0.1) is 12.1 Å². The lowest BCUT2D eigenvalue weighted by atomic mass is 9.94. The van der Waals surface area contributed by atoms with Crippen molar-refractivity contribution >= 4 is 17.6 Å². The Bertz CT molecular complexity index is 1010. The van der Waals surface area contributed by atoms with E-state index in [1.807, 2.05) is 0 Å². The third kappa shape index (κ3) is 4.75. The fourth-order valence-electron chi connectivity index (χ4n) is 3.31. The van der Waals surface area contributed by atoms with Crippen molar-refractivity contribution in [3.63, 3.8) is 0 Å². The predicted molar refractivity (Wildman–Crippen MR) is 99.1 cm³/mol. The molecule has 11 heteroatoms. The Morgan fingerprint density at radius 2 is 1.90 bits per heavy atom. The minimum absolute atomic E-state index is 0.0875. The normalized spacial score (nSPS) is 16.3. The van der Waals surface area contributed by atoms with E-state index in [-0.39, 0.29) is 17.7 Å². The van der Waals surface area contributed by atoms with Gasteiger partial charge in [-0.2, -0.15) is 13.2 Å². The van der Waals surface area contributed by atoms with Gasteiger partial charge in [0, 0.05) is 30.3 Å². The van der Waals surface area contributed by atoms with Crippen LogP contribution in [0.15, 0.2) is 36.4 Å².